The van der Waals surface area contributed by atoms with Crippen LogP contribution in [-0.2, 0) is 22.6 Å². The van der Waals surface area contributed by atoms with E-state index in [9.17, 15) is 4.79 Å². The minimum atomic E-state index is -0.319. The van der Waals surface area contributed by atoms with Crippen molar-refractivity contribution < 1.29 is 9.53 Å². The number of carbonyl (C=O) groups is 1. The van der Waals surface area contributed by atoms with Crippen molar-refractivity contribution in [3.8, 4) is 0 Å². The molecule has 1 unspecified atom stereocenters. The summed E-state index contributed by atoms with van der Waals surface area (Å²) in [5.74, 6) is 0.122. The summed E-state index contributed by atoms with van der Waals surface area (Å²) < 4.78 is 5.95. The molecule has 4 rings (SSSR count). The Hall–Kier alpha value is -1.67. The van der Waals surface area contributed by atoms with Gasteiger partial charge < -0.3 is 19.9 Å². The first-order valence-corrected chi connectivity index (χ1v) is 8.87. The molecule has 1 fully saturated rings. The first kappa shape index (κ1) is 21.6. The molecule has 0 aromatic carbocycles. The predicted molar refractivity (Wildman–Crippen MR) is 106 cm³/mol. The summed E-state index contributed by atoms with van der Waals surface area (Å²) in [7, 11) is 0. The van der Waals surface area contributed by atoms with E-state index >= 15 is 0 Å². The quantitative estimate of drug-likeness (QED) is 0.800. The molecule has 1 amide bonds. The number of likely N-dealkylation sites (tertiary alicyclic amines) is 1. The lowest BCUT2D eigenvalue weighted by molar-refractivity contribution is -0.136. The molecular weight excluding hydrogens is 389 g/mol. The fraction of sp³-hybridized carbons (Fsp3) is 0.500. The number of H-pyrrole nitrogens is 1. The van der Waals surface area contributed by atoms with Crippen LogP contribution >= 0.6 is 24.8 Å². The van der Waals surface area contributed by atoms with Crippen molar-refractivity contribution in [2.75, 3.05) is 19.6 Å². The van der Waals surface area contributed by atoms with Crippen LogP contribution in [0.4, 0.5) is 0 Å². The van der Waals surface area contributed by atoms with Gasteiger partial charge in [-0.2, -0.15) is 0 Å². The molecule has 27 heavy (non-hydrogen) atoms. The van der Waals surface area contributed by atoms with Crippen molar-refractivity contribution in [3.05, 3.63) is 47.8 Å². The van der Waals surface area contributed by atoms with Gasteiger partial charge in [-0.25, -0.2) is 4.98 Å². The Balaban J connectivity index is 0.00000131. The number of nitrogens with one attached hydrogen (secondary N) is 2. The molecule has 7 nitrogen and oxygen atoms in total. The average molecular weight is 414 g/mol. The number of hydrogen-bond acceptors (Lipinski definition) is 5. The van der Waals surface area contributed by atoms with Crippen LogP contribution in [0.25, 0.3) is 0 Å². The summed E-state index contributed by atoms with van der Waals surface area (Å²) in [6.45, 7) is 2.78. The summed E-state index contributed by atoms with van der Waals surface area (Å²) in [4.78, 5) is 26.5. The van der Waals surface area contributed by atoms with Gasteiger partial charge in [-0.1, -0.05) is 6.07 Å². The molecule has 148 valence electrons. The number of aromatic amines is 1. The van der Waals surface area contributed by atoms with Crippen molar-refractivity contribution in [1.29, 1.82) is 0 Å². The average Bonchev–Trinajstić information content (AvgIpc) is 3.16. The van der Waals surface area contributed by atoms with Crippen LogP contribution in [0.3, 0.4) is 0 Å². The number of carbonyl (C=O) groups excluding carboxylic acids is 1. The third kappa shape index (κ3) is 4.99. The Morgan fingerprint density at radius 2 is 2.04 bits per heavy atom. The molecule has 0 saturated carbocycles. The van der Waals surface area contributed by atoms with E-state index in [-0.39, 0.29) is 42.9 Å². The van der Waals surface area contributed by atoms with Crippen LogP contribution in [0, 0.1) is 0 Å². The van der Waals surface area contributed by atoms with E-state index in [0.717, 1.165) is 56.0 Å². The molecule has 2 aliphatic heterocycles. The van der Waals surface area contributed by atoms with Crippen LogP contribution < -0.4 is 5.32 Å². The largest absolute Gasteiger partial charge is 0.372 e. The van der Waals surface area contributed by atoms with Gasteiger partial charge in [0, 0.05) is 37.9 Å². The second-order valence-corrected chi connectivity index (χ2v) is 6.56. The first-order chi connectivity index (χ1) is 12.3. The van der Waals surface area contributed by atoms with E-state index in [1.54, 1.807) is 12.5 Å². The number of ether oxygens (including phenoxy) is 1. The lowest BCUT2D eigenvalue weighted by atomic mass is 10.0. The minimum absolute atomic E-state index is 0. The molecule has 9 heteroatoms. The zero-order valence-corrected chi connectivity index (χ0v) is 16.6. The third-order valence-corrected chi connectivity index (χ3v) is 4.94. The van der Waals surface area contributed by atoms with Crippen LogP contribution in [0.5, 0.6) is 0 Å². The number of hydrogen-bond donors (Lipinski definition) is 2. The Kier molecular flexibility index (Phi) is 8.04. The lowest BCUT2D eigenvalue weighted by Crippen LogP contribution is -2.47. The second kappa shape index (κ2) is 10.0. The Morgan fingerprint density at radius 1 is 1.22 bits per heavy atom. The molecule has 0 spiro atoms. The summed E-state index contributed by atoms with van der Waals surface area (Å²) in [6, 6.07) is 5.51. The summed E-state index contributed by atoms with van der Waals surface area (Å²) in [5, 5.41) is 3.30. The molecule has 1 atom stereocenters. The number of fused-ring (bicyclic) bond motifs is 1. The molecule has 0 bridgehead atoms. The highest BCUT2D eigenvalue weighted by Gasteiger charge is 2.33. The minimum Gasteiger partial charge on any atom is -0.372 e. The summed E-state index contributed by atoms with van der Waals surface area (Å²) >= 11 is 0. The zero-order chi connectivity index (χ0) is 17.1. The van der Waals surface area contributed by atoms with Gasteiger partial charge in [0.15, 0.2) is 0 Å². The molecule has 2 aromatic heterocycles. The number of imidazole rings is 1. The smallest absolute Gasteiger partial charge is 0.246 e. The van der Waals surface area contributed by atoms with Crippen molar-refractivity contribution >= 4 is 30.7 Å². The maximum atomic E-state index is 12.9. The molecule has 2 aromatic rings. The fourth-order valence-corrected chi connectivity index (χ4v) is 3.54. The van der Waals surface area contributed by atoms with Gasteiger partial charge in [0.2, 0.25) is 5.91 Å². The van der Waals surface area contributed by atoms with Gasteiger partial charge in [-0.05, 0) is 25.0 Å². The molecule has 2 N–H and O–H groups in total. The molecular formula is C18H25Cl2N5O2. The van der Waals surface area contributed by atoms with Gasteiger partial charge in [0.05, 0.1) is 30.4 Å². The van der Waals surface area contributed by atoms with Crippen molar-refractivity contribution in [2.45, 2.75) is 38.0 Å². The number of piperidine rings is 1. The normalized spacial score (nSPS) is 19.6. The van der Waals surface area contributed by atoms with Gasteiger partial charge in [-0.15, -0.1) is 24.8 Å². The fourth-order valence-electron chi connectivity index (χ4n) is 3.54. The zero-order valence-electron chi connectivity index (χ0n) is 15.0. The van der Waals surface area contributed by atoms with Gasteiger partial charge >= 0.3 is 0 Å². The highest BCUT2D eigenvalue weighted by molar-refractivity contribution is 5.85. The van der Waals surface area contributed by atoms with Crippen molar-refractivity contribution in [3.63, 3.8) is 0 Å². The van der Waals surface area contributed by atoms with E-state index in [0.29, 0.717) is 6.61 Å². The van der Waals surface area contributed by atoms with Crippen molar-refractivity contribution in [2.24, 2.45) is 0 Å². The van der Waals surface area contributed by atoms with Gasteiger partial charge in [-0.3, -0.25) is 9.78 Å². The first-order valence-electron chi connectivity index (χ1n) is 8.87. The highest BCUT2D eigenvalue weighted by Crippen LogP contribution is 2.24. The maximum Gasteiger partial charge on any atom is 0.246 e. The van der Waals surface area contributed by atoms with Gasteiger partial charge in [0.25, 0.3) is 0 Å². The van der Waals surface area contributed by atoms with E-state index in [1.165, 1.54) is 0 Å². The van der Waals surface area contributed by atoms with Gasteiger partial charge in [0.1, 0.15) is 6.04 Å². The summed E-state index contributed by atoms with van der Waals surface area (Å²) in [6.07, 6.45) is 6.25. The molecule has 4 heterocycles. The Bertz CT molecular complexity index is 720. The number of aromatic nitrogens is 3. The topological polar surface area (TPSA) is 83.1 Å². The maximum absolute atomic E-state index is 12.9. The lowest BCUT2D eigenvalue weighted by Gasteiger charge is -2.35. The van der Waals surface area contributed by atoms with Crippen LogP contribution in [0.1, 0.15) is 36.0 Å². The SMILES string of the molecule is Cl.Cl.O=C(C1NCCc2[nH]cnc21)N1CCC(OCc2ccccn2)CC1. The summed E-state index contributed by atoms with van der Waals surface area (Å²) in [5.41, 5.74) is 2.87. The van der Waals surface area contributed by atoms with E-state index in [1.807, 2.05) is 23.1 Å². The molecule has 2 aliphatic rings. The Labute approximate surface area is 171 Å². The predicted octanol–water partition coefficient (Wildman–Crippen LogP) is 2.04. The number of pyridine rings is 1. The van der Waals surface area contributed by atoms with E-state index in [4.69, 9.17) is 4.74 Å². The number of rotatable bonds is 4. The Morgan fingerprint density at radius 3 is 2.78 bits per heavy atom. The van der Waals surface area contributed by atoms with Crippen LogP contribution in [0.15, 0.2) is 30.7 Å². The van der Waals surface area contributed by atoms with Crippen LogP contribution in [-0.4, -0.2) is 51.5 Å². The van der Waals surface area contributed by atoms with E-state index in [2.05, 4.69) is 20.3 Å². The molecule has 0 aliphatic carbocycles. The van der Waals surface area contributed by atoms with Crippen LogP contribution in [0.2, 0.25) is 0 Å². The monoisotopic (exact) mass is 413 g/mol. The second-order valence-electron chi connectivity index (χ2n) is 6.56. The molecule has 1 saturated heterocycles. The standard InChI is InChI=1S/C18H23N5O2.2ClH/c24-18(17-16-15(4-8-20-17)21-12-22-16)23-9-5-14(6-10-23)25-11-13-3-1-2-7-19-13;;/h1-3,7,12,14,17,20H,4-6,8-11H2,(H,21,22);2*1H. The number of amides is 1. The highest BCUT2D eigenvalue weighted by atomic mass is 35.5. The molecule has 0 radical (unpaired) electrons. The number of nitrogens with zero attached hydrogens (tertiary/aromatic N) is 3. The van der Waals surface area contributed by atoms with Crippen molar-refractivity contribution in [1.82, 2.24) is 25.2 Å². The number of halogens is 2. The third-order valence-electron chi connectivity index (χ3n) is 4.94. The van der Waals surface area contributed by atoms with E-state index < -0.39 is 0 Å².